The second kappa shape index (κ2) is 5.83. The lowest BCUT2D eigenvalue weighted by Crippen LogP contribution is -2.02. The molecule has 0 radical (unpaired) electrons. The second-order valence-corrected chi connectivity index (χ2v) is 5.87. The molecule has 2 rings (SSSR count). The maximum atomic E-state index is 12.1. The van der Waals surface area contributed by atoms with Crippen LogP contribution in [0.5, 0.6) is 0 Å². The minimum atomic E-state index is -0.921. The van der Waals surface area contributed by atoms with Crippen molar-refractivity contribution >= 4 is 16.5 Å². The van der Waals surface area contributed by atoms with E-state index in [4.69, 9.17) is 5.73 Å². The fraction of sp³-hybridized carbons (Fsp3) is 0.200. The van der Waals surface area contributed by atoms with Crippen LogP contribution in [0.25, 0.3) is 0 Å². The molecule has 1 atom stereocenters. The van der Waals surface area contributed by atoms with Gasteiger partial charge in [0.05, 0.1) is 5.75 Å². The molecule has 0 amide bonds. The zero-order valence-corrected chi connectivity index (χ0v) is 11.2. The molecule has 1 unspecified atom stereocenters. The summed E-state index contributed by atoms with van der Waals surface area (Å²) in [6.07, 6.45) is 0. The number of benzene rings is 2. The average Bonchev–Trinajstić information content (AvgIpc) is 2.32. The largest absolute Gasteiger partial charge is 0.398 e. The van der Waals surface area contributed by atoms with Crippen LogP contribution in [-0.4, -0.2) is 4.21 Å². The fourth-order valence-corrected chi connectivity index (χ4v) is 3.14. The molecule has 94 valence electrons. The molecule has 0 bridgehead atoms. The van der Waals surface area contributed by atoms with Crippen LogP contribution < -0.4 is 5.73 Å². The zero-order valence-electron chi connectivity index (χ0n) is 10.4. The molecule has 18 heavy (non-hydrogen) atoms. The molecule has 0 saturated heterocycles. The van der Waals surface area contributed by atoms with Gasteiger partial charge in [-0.05, 0) is 24.1 Å². The van der Waals surface area contributed by atoms with Crippen molar-refractivity contribution in [1.82, 2.24) is 0 Å². The highest BCUT2D eigenvalue weighted by Gasteiger charge is 2.05. The van der Waals surface area contributed by atoms with Crippen molar-refractivity contribution < 1.29 is 4.21 Å². The van der Waals surface area contributed by atoms with E-state index in [1.165, 1.54) is 5.56 Å². The second-order valence-electron chi connectivity index (χ2n) is 4.42. The lowest BCUT2D eigenvalue weighted by molar-refractivity contribution is 0.682. The SMILES string of the molecule is Cc1cccc(CS(=O)Cc2ccccc2N)c1. The summed E-state index contributed by atoms with van der Waals surface area (Å²) in [5.74, 6) is 1.09. The van der Waals surface area contributed by atoms with E-state index in [1.807, 2.05) is 49.4 Å². The number of hydrogen-bond acceptors (Lipinski definition) is 2. The predicted octanol–water partition coefficient (Wildman–Crippen LogP) is 3.03. The van der Waals surface area contributed by atoms with Gasteiger partial charge in [-0.1, -0.05) is 48.0 Å². The first kappa shape index (κ1) is 12.8. The molecule has 0 aromatic heterocycles. The van der Waals surface area contributed by atoms with Gasteiger partial charge in [-0.25, -0.2) is 0 Å². The van der Waals surface area contributed by atoms with Gasteiger partial charge in [0.1, 0.15) is 0 Å². The Morgan fingerprint density at radius 1 is 1.06 bits per heavy atom. The van der Waals surface area contributed by atoms with Crippen molar-refractivity contribution in [3.05, 3.63) is 65.2 Å². The number of nitrogen functional groups attached to an aromatic ring is 1. The van der Waals surface area contributed by atoms with Crippen molar-refractivity contribution in [3.63, 3.8) is 0 Å². The number of hydrogen-bond donors (Lipinski definition) is 1. The summed E-state index contributed by atoms with van der Waals surface area (Å²) in [6, 6.07) is 15.7. The van der Waals surface area contributed by atoms with Gasteiger partial charge >= 0.3 is 0 Å². The lowest BCUT2D eigenvalue weighted by Gasteiger charge is -2.06. The number of aryl methyl sites for hydroxylation is 1. The smallest absolute Gasteiger partial charge is 0.0509 e. The first-order valence-electron chi connectivity index (χ1n) is 5.89. The Kier molecular flexibility index (Phi) is 4.15. The molecule has 0 heterocycles. The standard InChI is InChI=1S/C15H17NOS/c1-12-5-4-6-13(9-12)10-18(17)11-14-7-2-3-8-15(14)16/h2-9H,10-11,16H2,1H3. The Morgan fingerprint density at radius 3 is 2.56 bits per heavy atom. The minimum Gasteiger partial charge on any atom is -0.398 e. The monoisotopic (exact) mass is 259 g/mol. The highest BCUT2D eigenvalue weighted by molar-refractivity contribution is 7.83. The summed E-state index contributed by atoms with van der Waals surface area (Å²) >= 11 is 0. The number of anilines is 1. The van der Waals surface area contributed by atoms with Crippen LogP contribution in [0.15, 0.2) is 48.5 Å². The molecular formula is C15H17NOS. The quantitative estimate of drug-likeness (QED) is 0.858. The first-order valence-corrected chi connectivity index (χ1v) is 7.38. The Morgan fingerprint density at radius 2 is 1.83 bits per heavy atom. The predicted molar refractivity (Wildman–Crippen MR) is 77.6 cm³/mol. The summed E-state index contributed by atoms with van der Waals surface area (Å²) in [5, 5.41) is 0. The van der Waals surface area contributed by atoms with Crippen LogP contribution in [0.2, 0.25) is 0 Å². The van der Waals surface area contributed by atoms with Crippen molar-refractivity contribution in [2.45, 2.75) is 18.4 Å². The molecule has 0 saturated carbocycles. The summed E-state index contributed by atoms with van der Waals surface area (Å²) < 4.78 is 12.1. The van der Waals surface area contributed by atoms with Gasteiger partial charge < -0.3 is 5.73 Å². The topological polar surface area (TPSA) is 43.1 Å². The van der Waals surface area contributed by atoms with Crippen LogP contribution in [0.1, 0.15) is 16.7 Å². The molecule has 0 fully saturated rings. The summed E-state index contributed by atoms with van der Waals surface area (Å²) in [5.41, 5.74) is 9.84. The summed E-state index contributed by atoms with van der Waals surface area (Å²) in [7, 11) is -0.921. The van der Waals surface area contributed by atoms with Crippen LogP contribution in [0.4, 0.5) is 5.69 Å². The molecule has 0 aliphatic carbocycles. The first-order chi connectivity index (χ1) is 8.65. The highest BCUT2D eigenvalue weighted by Crippen LogP contribution is 2.15. The van der Waals surface area contributed by atoms with E-state index in [0.717, 1.165) is 16.8 Å². The van der Waals surface area contributed by atoms with Crippen LogP contribution in [-0.2, 0) is 22.3 Å². The van der Waals surface area contributed by atoms with Gasteiger partial charge in [-0.15, -0.1) is 0 Å². The van der Waals surface area contributed by atoms with Gasteiger partial charge in [0.15, 0.2) is 0 Å². The molecule has 2 aromatic carbocycles. The Hall–Kier alpha value is -1.61. The summed E-state index contributed by atoms with van der Waals surface area (Å²) in [4.78, 5) is 0. The maximum Gasteiger partial charge on any atom is 0.0509 e. The molecule has 3 heteroatoms. The van der Waals surface area contributed by atoms with Crippen molar-refractivity contribution in [2.75, 3.05) is 5.73 Å². The van der Waals surface area contributed by atoms with Crippen LogP contribution in [0, 0.1) is 6.92 Å². The maximum absolute atomic E-state index is 12.1. The third-order valence-corrected chi connectivity index (χ3v) is 4.07. The third kappa shape index (κ3) is 3.44. The van der Waals surface area contributed by atoms with E-state index in [9.17, 15) is 4.21 Å². The highest BCUT2D eigenvalue weighted by atomic mass is 32.2. The molecule has 0 aliphatic rings. The van der Waals surface area contributed by atoms with Gasteiger partial charge in [-0.2, -0.15) is 0 Å². The van der Waals surface area contributed by atoms with Crippen molar-refractivity contribution in [3.8, 4) is 0 Å². The third-order valence-electron chi connectivity index (χ3n) is 2.78. The van der Waals surface area contributed by atoms with Crippen molar-refractivity contribution in [1.29, 1.82) is 0 Å². The molecule has 2 nitrogen and oxygen atoms in total. The molecule has 0 spiro atoms. The van der Waals surface area contributed by atoms with E-state index in [0.29, 0.717) is 11.5 Å². The van der Waals surface area contributed by atoms with Gasteiger partial charge in [0.25, 0.3) is 0 Å². The molecule has 2 aromatic rings. The lowest BCUT2D eigenvalue weighted by atomic mass is 10.2. The normalized spacial score (nSPS) is 12.3. The number of nitrogens with two attached hydrogens (primary N) is 1. The number of rotatable bonds is 4. The van der Waals surface area contributed by atoms with E-state index < -0.39 is 10.8 Å². The van der Waals surface area contributed by atoms with Crippen molar-refractivity contribution in [2.24, 2.45) is 0 Å². The van der Waals surface area contributed by atoms with E-state index >= 15 is 0 Å². The van der Waals surface area contributed by atoms with Gasteiger partial charge in [0.2, 0.25) is 0 Å². The van der Waals surface area contributed by atoms with Crippen LogP contribution >= 0.6 is 0 Å². The Bertz CT molecular complexity index is 566. The number of para-hydroxylation sites is 1. The summed E-state index contributed by atoms with van der Waals surface area (Å²) in [6.45, 7) is 2.04. The van der Waals surface area contributed by atoms with Gasteiger partial charge in [-0.3, -0.25) is 4.21 Å². The molecule has 2 N–H and O–H groups in total. The fourth-order valence-electron chi connectivity index (χ4n) is 1.88. The van der Waals surface area contributed by atoms with E-state index in [-0.39, 0.29) is 0 Å². The molecular weight excluding hydrogens is 242 g/mol. The molecule has 0 aliphatic heterocycles. The minimum absolute atomic E-state index is 0.514. The van der Waals surface area contributed by atoms with E-state index in [1.54, 1.807) is 0 Å². The zero-order chi connectivity index (χ0) is 13.0. The van der Waals surface area contributed by atoms with E-state index in [2.05, 4.69) is 6.07 Å². The Balaban J connectivity index is 2.03. The Labute approximate surface area is 110 Å². The average molecular weight is 259 g/mol. The van der Waals surface area contributed by atoms with Crippen LogP contribution in [0.3, 0.4) is 0 Å². The van der Waals surface area contributed by atoms with Gasteiger partial charge in [0, 0.05) is 22.2 Å².